The van der Waals surface area contributed by atoms with Crippen molar-refractivity contribution < 1.29 is 42.9 Å². The first-order chi connectivity index (χ1) is 46.6. The Kier molecular flexibility index (Phi) is 71.6. The summed E-state index contributed by atoms with van der Waals surface area (Å²) in [7, 11) is 5.97. The van der Waals surface area contributed by atoms with E-state index in [2.05, 4.69) is 148 Å². The molecule has 0 radical (unpaired) electrons. The van der Waals surface area contributed by atoms with Gasteiger partial charge in [-0.3, -0.25) is 9.59 Å². The lowest BCUT2D eigenvalue weighted by atomic mass is 10.0. The molecule has 0 aliphatic carbocycles. The Bertz CT molecular complexity index is 2030. The summed E-state index contributed by atoms with van der Waals surface area (Å²) in [5, 5.41) is 9.77. The van der Waals surface area contributed by atoms with E-state index in [1.165, 1.54) is 180 Å². The molecule has 0 aromatic heterocycles. The number of carbonyl (C=O) groups excluding carboxylic acids is 2. The monoisotopic (exact) mass is 1320 g/mol. The summed E-state index contributed by atoms with van der Waals surface area (Å²) in [6.45, 7) is 4.77. The first kappa shape index (κ1) is 90.4. The van der Waals surface area contributed by atoms with E-state index < -0.39 is 24.3 Å². The van der Waals surface area contributed by atoms with Crippen molar-refractivity contribution in [3.05, 3.63) is 134 Å². The van der Waals surface area contributed by atoms with Gasteiger partial charge >= 0.3 is 17.9 Å². The average molecular weight is 1320 g/mol. The van der Waals surface area contributed by atoms with E-state index in [0.717, 1.165) is 122 Å². The molecule has 0 bridgehead atoms. The number of carboxylic acid groups (broad SMARTS) is 1. The van der Waals surface area contributed by atoms with Crippen LogP contribution in [-0.2, 0) is 33.3 Å². The fraction of sp³-hybridized carbons (Fsp3) is 0.709. The van der Waals surface area contributed by atoms with Gasteiger partial charge in [-0.2, -0.15) is 0 Å². The average Bonchev–Trinajstić information content (AvgIpc) is 3.75. The number of nitrogens with zero attached hydrogens (tertiary/aromatic N) is 1. The Balaban J connectivity index is 4.12. The molecule has 0 amide bonds. The Morgan fingerprint density at radius 2 is 0.600 bits per heavy atom. The lowest BCUT2D eigenvalue weighted by Crippen LogP contribution is -2.40. The molecule has 1 N–H and O–H groups in total. The quantitative estimate of drug-likeness (QED) is 0.0211. The number of esters is 2. The van der Waals surface area contributed by atoms with Crippen molar-refractivity contribution in [2.75, 3.05) is 47.5 Å². The van der Waals surface area contributed by atoms with Crippen molar-refractivity contribution in [3.8, 4) is 0 Å². The van der Waals surface area contributed by atoms with E-state index in [1.54, 1.807) is 0 Å². The van der Waals surface area contributed by atoms with Crippen LogP contribution in [0.2, 0.25) is 0 Å². The second-order valence-electron chi connectivity index (χ2n) is 27.3. The lowest BCUT2D eigenvalue weighted by molar-refractivity contribution is -0.870. The molecule has 0 rings (SSSR count). The molecule has 2 unspecified atom stereocenters. The number of rotatable bonds is 72. The first-order valence-electron chi connectivity index (χ1n) is 39.3. The highest BCUT2D eigenvalue weighted by Gasteiger charge is 2.25. The molecular weight excluding hydrogens is 1170 g/mol. The molecule has 0 aliphatic heterocycles. The second-order valence-corrected chi connectivity index (χ2v) is 27.3. The molecule has 2 atom stereocenters. The van der Waals surface area contributed by atoms with Crippen LogP contribution in [0.1, 0.15) is 335 Å². The van der Waals surface area contributed by atoms with Gasteiger partial charge in [0.05, 0.1) is 34.4 Å². The summed E-state index contributed by atoms with van der Waals surface area (Å²) in [5.74, 6) is -2.02. The van der Waals surface area contributed by atoms with Crippen molar-refractivity contribution in [1.29, 1.82) is 0 Å². The van der Waals surface area contributed by atoms with E-state index in [4.69, 9.17) is 18.9 Å². The van der Waals surface area contributed by atoms with Gasteiger partial charge < -0.3 is 28.5 Å². The Hall–Kier alpha value is -4.57. The van der Waals surface area contributed by atoms with Gasteiger partial charge in [0.2, 0.25) is 0 Å². The number of carbonyl (C=O) groups is 3. The van der Waals surface area contributed by atoms with Crippen LogP contribution >= 0.6 is 0 Å². The summed E-state index contributed by atoms with van der Waals surface area (Å²) in [4.78, 5) is 37.7. The van der Waals surface area contributed by atoms with E-state index in [-0.39, 0.29) is 32.2 Å². The van der Waals surface area contributed by atoms with Gasteiger partial charge in [0.15, 0.2) is 6.10 Å². The Morgan fingerprint density at radius 3 is 0.905 bits per heavy atom. The van der Waals surface area contributed by atoms with Crippen LogP contribution in [0.4, 0.5) is 0 Å². The minimum atomic E-state index is -1.52. The number of hydrogen-bond acceptors (Lipinski definition) is 7. The molecule has 0 saturated heterocycles. The SMILES string of the molecule is CC/C=C\C/C=C\C/C=C\C/C=C\C/C=C\C/C=C\C/C=C\C/C=C\C/C=C\C/C=C\CCCCCCCCC(=O)OC(COC(=O)CCCCCCCCCCCCCCCCCCCCCCC/C=C\CCCCCCCCCC)COC(OCC[N+](C)(C)C)C(=O)O. The topological polar surface area (TPSA) is 108 Å². The van der Waals surface area contributed by atoms with Crippen molar-refractivity contribution in [2.24, 2.45) is 0 Å². The Morgan fingerprint density at radius 1 is 0.326 bits per heavy atom. The lowest BCUT2D eigenvalue weighted by Gasteiger charge is -2.25. The standard InChI is InChI=1S/C86H147NO8/c1-6-8-10-12-14-16-18-20-22-24-26-28-30-32-34-36-38-40-41-42-43-45-47-49-51-53-55-57-59-61-63-65-67-69-71-73-75-77-84(89)95-82(81-94-86(85(90)91)92-79-78-87(3,4)5)80-93-83(88)76-74-72-70-68-66-64-62-60-58-56-54-52-50-48-46-44-39-37-35-33-31-29-27-25-23-21-19-17-15-13-11-9-7-2/h8,10,14,16,20,22,25-28,32,34,38,40,42-43,47,49,53,55,59,61,82,86H,6-7,9,11-13,15,17-19,21,23-24,29-31,33,35-37,39,41,44-46,48,50-52,54,56-58,60,62-81H2,1-5H3/p+1/b10-8-,16-14-,22-20-,27-25-,28-26-,34-32-,40-38-,43-42-,49-47-,55-53-,61-59-. The van der Waals surface area contributed by atoms with Crippen LogP contribution in [0, 0.1) is 0 Å². The molecule has 0 aromatic carbocycles. The van der Waals surface area contributed by atoms with Crippen LogP contribution < -0.4 is 0 Å². The molecule has 0 aromatic rings. The van der Waals surface area contributed by atoms with Crippen molar-refractivity contribution in [1.82, 2.24) is 0 Å². The summed E-state index contributed by atoms with van der Waals surface area (Å²) < 4.78 is 23.0. The number of allylic oxidation sites excluding steroid dienone is 22. The zero-order valence-corrected chi connectivity index (χ0v) is 62.3. The normalized spacial score (nSPS) is 13.4. The summed E-state index contributed by atoms with van der Waals surface area (Å²) in [5.41, 5.74) is 0. The molecule has 0 saturated carbocycles. The third-order valence-corrected chi connectivity index (χ3v) is 16.9. The largest absolute Gasteiger partial charge is 0.477 e. The highest BCUT2D eigenvalue weighted by molar-refractivity contribution is 5.71. The fourth-order valence-corrected chi connectivity index (χ4v) is 10.9. The van der Waals surface area contributed by atoms with Gasteiger partial charge in [-0.15, -0.1) is 0 Å². The van der Waals surface area contributed by atoms with Gasteiger partial charge in [-0.1, -0.05) is 340 Å². The van der Waals surface area contributed by atoms with Crippen molar-refractivity contribution in [2.45, 2.75) is 347 Å². The number of ether oxygens (including phenoxy) is 4. The minimum absolute atomic E-state index is 0.179. The molecular formula is C86H148NO8+. The van der Waals surface area contributed by atoms with E-state index in [9.17, 15) is 19.5 Å². The van der Waals surface area contributed by atoms with Crippen LogP contribution in [0.5, 0.6) is 0 Å². The van der Waals surface area contributed by atoms with Gasteiger partial charge in [-0.25, -0.2) is 4.79 Å². The fourth-order valence-electron chi connectivity index (χ4n) is 10.9. The number of aliphatic carboxylic acids is 1. The third-order valence-electron chi connectivity index (χ3n) is 16.9. The predicted octanol–water partition coefficient (Wildman–Crippen LogP) is 25.3. The Labute approximate surface area is 586 Å². The molecule has 9 nitrogen and oxygen atoms in total. The predicted molar refractivity (Wildman–Crippen MR) is 410 cm³/mol. The van der Waals surface area contributed by atoms with Gasteiger partial charge in [0.1, 0.15) is 13.2 Å². The number of carboxylic acids is 1. The van der Waals surface area contributed by atoms with Gasteiger partial charge in [0, 0.05) is 12.8 Å². The van der Waals surface area contributed by atoms with E-state index in [0.29, 0.717) is 23.9 Å². The molecule has 544 valence electrons. The van der Waals surface area contributed by atoms with E-state index >= 15 is 0 Å². The number of unbranched alkanes of at least 4 members (excludes halogenated alkanes) is 35. The third kappa shape index (κ3) is 76.7. The minimum Gasteiger partial charge on any atom is -0.477 e. The molecule has 0 spiro atoms. The van der Waals surface area contributed by atoms with E-state index in [1.807, 2.05) is 21.1 Å². The number of hydrogen-bond donors (Lipinski definition) is 1. The number of quaternary nitrogens is 1. The van der Waals surface area contributed by atoms with Crippen LogP contribution in [-0.4, -0.2) is 87.4 Å². The molecule has 0 heterocycles. The maximum atomic E-state index is 13.0. The molecule has 95 heavy (non-hydrogen) atoms. The van der Waals surface area contributed by atoms with Crippen LogP contribution in [0.15, 0.2) is 134 Å². The zero-order valence-electron chi connectivity index (χ0n) is 62.3. The van der Waals surface area contributed by atoms with Crippen LogP contribution in [0.3, 0.4) is 0 Å². The molecule has 9 heteroatoms. The van der Waals surface area contributed by atoms with Crippen molar-refractivity contribution >= 4 is 17.9 Å². The summed E-state index contributed by atoms with van der Waals surface area (Å²) in [6.07, 6.45) is 106. The van der Waals surface area contributed by atoms with Gasteiger partial charge in [-0.05, 0) is 116 Å². The highest BCUT2D eigenvalue weighted by atomic mass is 16.7. The molecule has 0 fully saturated rings. The van der Waals surface area contributed by atoms with Crippen molar-refractivity contribution in [3.63, 3.8) is 0 Å². The highest BCUT2D eigenvalue weighted by Crippen LogP contribution is 2.18. The second kappa shape index (κ2) is 75.2. The maximum absolute atomic E-state index is 13.0. The van der Waals surface area contributed by atoms with Crippen LogP contribution in [0.25, 0.3) is 0 Å². The van der Waals surface area contributed by atoms with Gasteiger partial charge in [0.25, 0.3) is 6.29 Å². The maximum Gasteiger partial charge on any atom is 0.361 e. The number of likely N-dealkylation sites (N-methyl/N-ethyl adjacent to an activating group) is 1. The summed E-state index contributed by atoms with van der Waals surface area (Å²) in [6, 6.07) is 0. The zero-order chi connectivity index (χ0) is 69.0. The first-order valence-corrected chi connectivity index (χ1v) is 39.3. The summed E-state index contributed by atoms with van der Waals surface area (Å²) >= 11 is 0. The molecule has 0 aliphatic rings. The smallest absolute Gasteiger partial charge is 0.361 e.